The van der Waals surface area contributed by atoms with Crippen LogP contribution in [0.3, 0.4) is 0 Å². The number of aromatic nitrogens is 1. The molecule has 0 N–H and O–H groups in total. The van der Waals surface area contributed by atoms with E-state index in [1.807, 2.05) is 20.2 Å². The van der Waals surface area contributed by atoms with Crippen molar-refractivity contribution in [1.29, 1.82) is 0 Å². The Balaban J connectivity index is 2.46. The molecule has 0 saturated carbocycles. The molecule has 0 saturated heterocycles. The Labute approximate surface area is 89.5 Å². The zero-order valence-electron chi connectivity index (χ0n) is 9.10. The lowest BCUT2D eigenvalue weighted by molar-refractivity contribution is 0.0791. The molecule has 1 aromatic heterocycles. The van der Waals surface area contributed by atoms with Crippen LogP contribution >= 0.6 is 0 Å². The SMILES string of the molecule is CN1CCCN(C)c2ccncc2C1=O. The average Bonchev–Trinajstić information content (AvgIpc) is 2.26. The molecular weight excluding hydrogens is 190 g/mol. The standard InChI is InChI=1S/C11H15N3O/c1-13-6-3-7-14(2)11(15)9-8-12-5-4-10(9)13/h4-5,8H,3,6-7H2,1-2H3. The van der Waals surface area contributed by atoms with Crippen molar-refractivity contribution in [2.45, 2.75) is 6.42 Å². The Morgan fingerprint density at radius 2 is 2.00 bits per heavy atom. The van der Waals surface area contributed by atoms with E-state index >= 15 is 0 Å². The highest BCUT2D eigenvalue weighted by atomic mass is 16.2. The van der Waals surface area contributed by atoms with Gasteiger partial charge in [0.25, 0.3) is 5.91 Å². The van der Waals surface area contributed by atoms with Crippen LogP contribution in [0.25, 0.3) is 0 Å². The molecule has 1 amide bonds. The lowest BCUT2D eigenvalue weighted by Gasteiger charge is -2.28. The van der Waals surface area contributed by atoms with Crippen LogP contribution < -0.4 is 4.90 Å². The Bertz CT molecular complexity index is 378. The normalized spacial score (nSPS) is 17.1. The quantitative estimate of drug-likeness (QED) is 0.634. The number of pyridine rings is 1. The molecule has 1 aliphatic rings. The summed E-state index contributed by atoms with van der Waals surface area (Å²) in [6.07, 6.45) is 4.38. The third-order valence-corrected chi connectivity index (χ3v) is 2.77. The number of hydrogen-bond acceptors (Lipinski definition) is 3. The van der Waals surface area contributed by atoms with Crippen LogP contribution in [0.5, 0.6) is 0 Å². The van der Waals surface area contributed by atoms with Gasteiger partial charge in [0.05, 0.1) is 11.3 Å². The second-order valence-electron chi connectivity index (χ2n) is 3.89. The van der Waals surface area contributed by atoms with Gasteiger partial charge < -0.3 is 9.80 Å². The highest BCUT2D eigenvalue weighted by Gasteiger charge is 2.20. The van der Waals surface area contributed by atoms with Crippen molar-refractivity contribution in [3.63, 3.8) is 0 Å². The van der Waals surface area contributed by atoms with E-state index in [2.05, 4.69) is 9.88 Å². The Morgan fingerprint density at radius 3 is 2.80 bits per heavy atom. The summed E-state index contributed by atoms with van der Waals surface area (Å²) in [6, 6.07) is 1.90. The second-order valence-corrected chi connectivity index (χ2v) is 3.89. The first kappa shape index (κ1) is 9.96. The lowest BCUT2D eigenvalue weighted by Crippen LogP contribution is -2.35. The Kier molecular flexibility index (Phi) is 2.58. The van der Waals surface area contributed by atoms with Crippen molar-refractivity contribution in [3.8, 4) is 0 Å². The second kappa shape index (κ2) is 3.88. The van der Waals surface area contributed by atoms with Crippen molar-refractivity contribution in [2.24, 2.45) is 0 Å². The van der Waals surface area contributed by atoms with E-state index in [0.29, 0.717) is 5.56 Å². The molecule has 0 aromatic carbocycles. The van der Waals surface area contributed by atoms with E-state index in [1.54, 1.807) is 17.3 Å². The van der Waals surface area contributed by atoms with Crippen molar-refractivity contribution in [1.82, 2.24) is 9.88 Å². The van der Waals surface area contributed by atoms with Crippen LogP contribution in [0.15, 0.2) is 18.5 Å². The smallest absolute Gasteiger partial charge is 0.257 e. The van der Waals surface area contributed by atoms with Crippen LogP contribution in [0.1, 0.15) is 16.8 Å². The fourth-order valence-electron chi connectivity index (χ4n) is 1.86. The third-order valence-electron chi connectivity index (χ3n) is 2.77. The molecule has 1 aromatic rings. The lowest BCUT2D eigenvalue weighted by atomic mass is 10.1. The van der Waals surface area contributed by atoms with Gasteiger partial charge in [-0.1, -0.05) is 0 Å². The summed E-state index contributed by atoms with van der Waals surface area (Å²) in [7, 11) is 3.85. The van der Waals surface area contributed by atoms with E-state index in [-0.39, 0.29) is 5.91 Å². The van der Waals surface area contributed by atoms with Crippen LogP contribution in [0.2, 0.25) is 0 Å². The predicted octanol–water partition coefficient (Wildman–Crippen LogP) is 0.993. The fraction of sp³-hybridized carbons (Fsp3) is 0.455. The number of fused-ring (bicyclic) bond motifs is 1. The van der Waals surface area contributed by atoms with Crippen LogP contribution in [0.4, 0.5) is 5.69 Å². The topological polar surface area (TPSA) is 36.4 Å². The molecule has 2 heterocycles. The summed E-state index contributed by atoms with van der Waals surface area (Å²) < 4.78 is 0. The number of anilines is 1. The van der Waals surface area contributed by atoms with Gasteiger partial charge in [0.1, 0.15) is 0 Å². The number of carbonyl (C=O) groups excluding carboxylic acids is 1. The molecule has 0 fully saturated rings. The minimum atomic E-state index is 0.0599. The van der Waals surface area contributed by atoms with E-state index in [9.17, 15) is 4.79 Å². The van der Waals surface area contributed by atoms with Crippen LogP contribution in [-0.4, -0.2) is 43.0 Å². The average molecular weight is 205 g/mol. The molecule has 0 spiro atoms. The van der Waals surface area contributed by atoms with Gasteiger partial charge in [-0.05, 0) is 12.5 Å². The van der Waals surface area contributed by atoms with Crippen molar-refractivity contribution < 1.29 is 4.79 Å². The molecule has 2 rings (SSSR count). The number of nitrogens with zero attached hydrogens (tertiary/aromatic N) is 3. The Morgan fingerprint density at radius 1 is 1.27 bits per heavy atom. The zero-order chi connectivity index (χ0) is 10.8. The number of amides is 1. The molecule has 1 aliphatic heterocycles. The molecule has 4 heteroatoms. The van der Waals surface area contributed by atoms with E-state index in [0.717, 1.165) is 25.2 Å². The highest BCUT2D eigenvalue weighted by molar-refractivity contribution is 5.99. The zero-order valence-corrected chi connectivity index (χ0v) is 9.10. The molecular formula is C11H15N3O. The summed E-state index contributed by atoms with van der Waals surface area (Å²) in [5.74, 6) is 0.0599. The van der Waals surface area contributed by atoms with Gasteiger partial charge >= 0.3 is 0 Å². The maximum atomic E-state index is 12.0. The van der Waals surface area contributed by atoms with Crippen molar-refractivity contribution in [2.75, 3.05) is 32.1 Å². The van der Waals surface area contributed by atoms with Gasteiger partial charge in [0.2, 0.25) is 0 Å². The van der Waals surface area contributed by atoms with Gasteiger partial charge in [-0.15, -0.1) is 0 Å². The first-order valence-electron chi connectivity index (χ1n) is 5.11. The predicted molar refractivity (Wildman–Crippen MR) is 59.1 cm³/mol. The van der Waals surface area contributed by atoms with E-state index < -0.39 is 0 Å². The largest absolute Gasteiger partial charge is 0.374 e. The molecule has 0 bridgehead atoms. The van der Waals surface area contributed by atoms with Gasteiger partial charge in [-0.3, -0.25) is 9.78 Å². The minimum Gasteiger partial charge on any atom is -0.374 e. The molecule has 0 aliphatic carbocycles. The Hall–Kier alpha value is -1.58. The van der Waals surface area contributed by atoms with Crippen LogP contribution in [0, 0.1) is 0 Å². The molecule has 0 unspecified atom stereocenters. The maximum Gasteiger partial charge on any atom is 0.257 e. The maximum absolute atomic E-state index is 12.0. The van der Waals surface area contributed by atoms with E-state index in [4.69, 9.17) is 0 Å². The summed E-state index contributed by atoms with van der Waals surface area (Å²) in [5, 5.41) is 0. The van der Waals surface area contributed by atoms with Gasteiger partial charge in [0.15, 0.2) is 0 Å². The molecule has 15 heavy (non-hydrogen) atoms. The van der Waals surface area contributed by atoms with Crippen LogP contribution in [-0.2, 0) is 0 Å². The van der Waals surface area contributed by atoms with Gasteiger partial charge in [-0.25, -0.2) is 0 Å². The number of rotatable bonds is 0. The first-order chi connectivity index (χ1) is 7.20. The number of carbonyl (C=O) groups is 1. The summed E-state index contributed by atoms with van der Waals surface area (Å²) in [4.78, 5) is 19.9. The minimum absolute atomic E-state index is 0.0599. The first-order valence-corrected chi connectivity index (χ1v) is 5.11. The monoisotopic (exact) mass is 205 g/mol. The molecule has 80 valence electrons. The third kappa shape index (κ3) is 1.79. The highest BCUT2D eigenvalue weighted by Crippen LogP contribution is 2.21. The number of hydrogen-bond donors (Lipinski definition) is 0. The van der Waals surface area contributed by atoms with E-state index in [1.165, 1.54) is 0 Å². The van der Waals surface area contributed by atoms with Crippen molar-refractivity contribution in [3.05, 3.63) is 24.0 Å². The van der Waals surface area contributed by atoms with Gasteiger partial charge in [-0.2, -0.15) is 0 Å². The van der Waals surface area contributed by atoms with Crippen molar-refractivity contribution >= 4 is 11.6 Å². The fourth-order valence-corrected chi connectivity index (χ4v) is 1.86. The summed E-state index contributed by atoms with van der Waals surface area (Å²) in [5.41, 5.74) is 1.67. The molecule has 4 nitrogen and oxygen atoms in total. The summed E-state index contributed by atoms with van der Waals surface area (Å²) in [6.45, 7) is 1.77. The molecule has 0 radical (unpaired) electrons. The summed E-state index contributed by atoms with van der Waals surface area (Å²) >= 11 is 0. The van der Waals surface area contributed by atoms with Gasteiger partial charge in [0, 0.05) is 39.6 Å². The molecule has 0 atom stereocenters.